The van der Waals surface area contributed by atoms with Crippen molar-refractivity contribution < 1.29 is 4.84 Å². The molecule has 1 aromatic heterocycles. The number of benzene rings is 1. The summed E-state index contributed by atoms with van der Waals surface area (Å²) >= 11 is 1.66. The zero-order valence-electron chi connectivity index (χ0n) is 13.3. The normalized spacial score (nSPS) is 16.4. The van der Waals surface area contributed by atoms with Crippen molar-refractivity contribution in [2.24, 2.45) is 16.8 Å². The fraction of sp³-hybridized carbons (Fsp3) is 0.444. The molecule has 0 aliphatic heterocycles. The Morgan fingerprint density at radius 1 is 1.22 bits per heavy atom. The van der Waals surface area contributed by atoms with E-state index in [2.05, 4.69) is 34.4 Å². The van der Waals surface area contributed by atoms with Gasteiger partial charge in [-0.2, -0.15) is 0 Å². The van der Waals surface area contributed by atoms with Gasteiger partial charge in [-0.05, 0) is 18.4 Å². The first-order chi connectivity index (χ1) is 11.3. The third kappa shape index (κ3) is 4.79. The van der Waals surface area contributed by atoms with Crippen LogP contribution in [0.1, 0.15) is 48.4 Å². The summed E-state index contributed by atoms with van der Waals surface area (Å²) in [5.41, 5.74) is 8.22. The highest BCUT2D eigenvalue weighted by Crippen LogP contribution is 2.23. The molecule has 1 aliphatic rings. The summed E-state index contributed by atoms with van der Waals surface area (Å²) in [4.78, 5) is 10.0. The molecule has 5 heteroatoms. The third-order valence-corrected chi connectivity index (χ3v) is 5.10. The monoisotopic (exact) mass is 329 g/mol. The number of aromatic nitrogens is 1. The minimum atomic E-state index is 0.388. The van der Waals surface area contributed by atoms with Gasteiger partial charge in [-0.3, -0.25) is 0 Å². The number of nitrogens with zero attached hydrogens (tertiary/aromatic N) is 2. The van der Waals surface area contributed by atoms with E-state index in [1.807, 2.05) is 11.4 Å². The molecule has 4 nitrogen and oxygen atoms in total. The second kappa shape index (κ2) is 8.11. The van der Waals surface area contributed by atoms with E-state index >= 15 is 0 Å². The summed E-state index contributed by atoms with van der Waals surface area (Å²) < 4.78 is 0. The van der Waals surface area contributed by atoms with Crippen LogP contribution >= 0.6 is 11.3 Å². The number of hydrogen-bond donors (Lipinski definition) is 1. The van der Waals surface area contributed by atoms with E-state index in [1.165, 1.54) is 24.8 Å². The molecule has 1 saturated carbocycles. The average Bonchev–Trinajstić information content (AvgIpc) is 3.04. The quantitative estimate of drug-likeness (QED) is 0.493. The minimum absolute atomic E-state index is 0.388. The Morgan fingerprint density at radius 2 is 2.00 bits per heavy atom. The molecular formula is C18H23N3OS. The molecule has 0 bridgehead atoms. The van der Waals surface area contributed by atoms with E-state index in [-0.39, 0.29) is 0 Å². The third-order valence-electron chi connectivity index (χ3n) is 4.20. The first-order valence-electron chi connectivity index (χ1n) is 8.24. The first-order valence-corrected chi connectivity index (χ1v) is 9.12. The van der Waals surface area contributed by atoms with Gasteiger partial charge in [0.1, 0.15) is 5.84 Å². The van der Waals surface area contributed by atoms with E-state index in [4.69, 9.17) is 10.6 Å². The van der Waals surface area contributed by atoms with Crippen LogP contribution in [-0.2, 0) is 17.9 Å². The number of amidine groups is 1. The maximum atomic E-state index is 6.03. The summed E-state index contributed by atoms with van der Waals surface area (Å²) in [6.45, 7) is 0.388. The van der Waals surface area contributed by atoms with Crippen molar-refractivity contribution >= 4 is 17.2 Å². The zero-order chi connectivity index (χ0) is 15.9. The predicted molar refractivity (Wildman–Crippen MR) is 94.3 cm³/mol. The molecule has 1 fully saturated rings. The Labute approximate surface area is 141 Å². The van der Waals surface area contributed by atoms with Crippen molar-refractivity contribution in [3.8, 4) is 0 Å². The van der Waals surface area contributed by atoms with E-state index < -0.39 is 0 Å². The zero-order valence-corrected chi connectivity index (χ0v) is 14.1. The minimum Gasteiger partial charge on any atom is -0.388 e. The smallest absolute Gasteiger partial charge is 0.160 e. The van der Waals surface area contributed by atoms with E-state index in [9.17, 15) is 0 Å². The fourth-order valence-corrected chi connectivity index (χ4v) is 3.73. The molecule has 1 aliphatic carbocycles. The van der Waals surface area contributed by atoms with Crippen LogP contribution in [0.4, 0.5) is 0 Å². The number of oxime groups is 1. The summed E-state index contributed by atoms with van der Waals surface area (Å²) in [5.74, 6) is 1.04. The molecule has 1 heterocycles. The van der Waals surface area contributed by atoms with Gasteiger partial charge in [0.05, 0.1) is 10.7 Å². The van der Waals surface area contributed by atoms with Crippen molar-refractivity contribution in [1.82, 2.24) is 4.98 Å². The molecule has 0 spiro atoms. The van der Waals surface area contributed by atoms with Crippen LogP contribution in [0, 0.1) is 5.92 Å². The van der Waals surface area contributed by atoms with Crippen molar-refractivity contribution in [2.75, 3.05) is 0 Å². The van der Waals surface area contributed by atoms with Gasteiger partial charge in [0.25, 0.3) is 0 Å². The summed E-state index contributed by atoms with van der Waals surface area (Å²) in [7, 11) is 0. The molecule has 23 heavy (non-hydrogen) atoms. The van der Waals surface area contributed by atoms with Crippen molar-refractivity contribution in [1.29, 1.82) is 0 Å². The molecule has 0 unspecified atom stereocenters. The molecular weight excluding hydrogens is 306 g/mol. The van der Waals surface area contributed by atoms with Crippen molar-refractivity contribution in [2.45, 2.75) is 45.1 Å². The molecule has 0 saturated heterocycles. The van der Waals surface area contributed by atoms with Gasteiger partial charge in [-0.25, -0.2) is 4.98 Å². The van der Waals surface area contributed by atoms with Gasteiger partial charge in [-0.15, -0.1) is 11.3 Å². The van der Waals surface area contributed by atoms with Gasteiger partial charge in [0.2, 0.25) is 0 Å². The Balaban J connectivity index is 1.49. The van der Waals surface area contributed by atoms with Crippen LogP contribution in [0.5, 0.6) is 0 Å². The molecule has 0 radical (unpaired) electrons. The largest absolute Gasteiger partial charge is 0.388 e. The van der Waals surface area contributed by atoms with E-state index in [0.717, 1.165) is 30.0 Å². The first kappa shape index (κ1) is 16.0. The summed E-state index contributed by atoms with van der Waals surface area (Å²) in [6, 6.07) is 10.4. The van der Waals surface area contributed by atoms with Crippen molar-refractivity contribution in [3.05, 3.63) is 52.0 Å². The molecule has 0 amide bonds. The standard InChI is InChI=1S/C18H23N3OS/c19-18(15-9-5-2-6-10-15)21-22-12-16-13-23-17(20-16)11-14-7-3-1-4-8-14/h1,3-4,7-8,13,15H,2,5-6,9-12H2,(H2,19,21). The predicted octanol–water partition coefficient (Wildman–Crippen LogP) is 4.10. The van der Waals surface area contributed by atoms with Crippen molar-refractivity contribution in [3.63, 3.8) is 0 Å². The second-order valence-corrected chi connectivity index (χ2v) is 6.96. The Morgan fingerprint density at radius 3 is 2.78 bits per heavy atom. The Bertz CT molecular complexity index is 633. The van der Waals surface area contributed by atoms with E-state index in [1.54, 1.807) is 11.3 Å². The topological polar surface area (TPSA) is 60.5 Å². The lowest BCUT2D eigenvalue weighted by Gasteiger charge is -2.20. The van der Waals surface area contributed by atoms with Gasteiger partial charge in [0, 0.05) is 17.7 Å². The van der Waals surface area contributed by atoms with Crippen LogP contribution in [0.15, 0.2) is 40.9 Å². The van der Waals surface area contributed by atoms with Gasteiger partial charge in [0.15, 0.2) is 6.61 Å². The molecule has 0 atom stereocenters. The maximum Gasteiger partial charge on any atom is 0.160 e. The molecule has 3 rings (SSSR count). The van der Waals surface area contributed by atoms with E-state index in [0.29, 0.717) is 18.4 Å². The average molecular weight is 329 g/mol. The van der Waals surface area contributed by atoms with Crippen LogP contribution < -0.4 is 5.73 Å². The van der Waals surface area contributed by atoms with Crippen LogP contribution in [0.2, 0.25) is 0 Å². The second-order valence-electron chi connectivity index (χ2n) is 6.02. The molecule has 122 valence electrons. The fourth-order valence-electron chi connectivity index (χ4n) is 2.91. The van der Waals surface area contributed by atoms with Crippen LogP contribution in [0.3, 0.4) is 0 Å². The SMILES string of the molecule is N/C(=N\OCc1csc(Cc2ccccc2)n1)C1CCCCC1. The highest BCUT2D eigenvalue weighted by molar-refractivity contribution is 7.09. The Hall–Kier alpha value is -1.88. The highest BCUT2D eigenvalue weighted by Gasteiger charge is 2.17. The van der Waals surface area contributed by atoms with Gasteiger partial charge in [-0.1, -0.05) is 54.8 Å². The van der Waals surface area contributed by atoms with Gasteiger partial charge >= 0.3 is 0 Å². The highest BCUT2D eigenvalue weighted by atomic mass is 32.1. The molecule has 2 N–H and O–H groups in total. The molecule has 1 aromatic carbocycles. The Kier molecular flexibility index (Phi) is 5.64. The number of nitrogens with two attached hydrogens (primary N) is 1. The number of thiazole rings is 1. The number of hydrogen-bond acceptors (Lipinski definition) is 4. The lowest BCUT2D eigenvalue weighted by molar-refractivity contribution is 0.125. The maximum absolute atomic E-state index is 6.03. The lowest BCUT2D eigenvalue weighted by Crippen LogP contribution is -2.26. The molecule has 2 aromatic rings. The summed E-state index contributed by atoms with van der Waals surface area (Å²) in [6.07, 6.45) is 6.94. The number of rotatable bonds is 6. The van der Waals surface area contributed by atoms with Gasteiger partial charge < -0.3 is 10.6 Å². The lowest BCUT2D eigenvalue weighted by atomic mass is 9.89. The van der Waals surface area contributed by atoms with Crippen LogP contribution in [0.25, 0.3) is 0 Å². The van der Waals surface area contributed by atoms with Crippen LogP contribution in [-0.4, -0.2) is 10.8 Å². The summed E-state index contributed by atoms with van der Waals surface area (Å²) in [5, 5.41) is 7.22.